The maximum atomic E-state index is 13.9. The van der Waals surface area contributed by atoms with Crippen LogP contribution in [0, 0.1) is 5.82 Å². The summed E-state index contributed by atoms with van der Waals surface area (Å²) in [6.07, 6.45) is 2.11. The summed E-state index contributed by atoms with van der Waals surface area (Å²) in [7, 11) is -1.86. The zero-order chi connectivity index (χ0) is 17.9. The molecule has 0 heterocycles. The standard InChI is InChI=1S/C19H22FNO3S/c1-24-18-10-6-15(7-11-18)12-13-25(22,23)21(17-8-9-17)14-16-4-2-3-5-19(16)20/h2-7,10-11,17H,8-9,12-14H2,1H3. The van der Waals surface area contributed by atoms with Gasteiger partial charge in [0.1, 0.15) is 11.6 Å². The van der Waals surface area contributed by atoms with Crippen molar-refractivity contribution in [2.24, 2.45) is 0 Å². The maximum absolute atomic E-state index is 13.9. The van der Waals surface area contributed by atoms with Crippen LogP contribution in [0.25, 0.3) is 0 Å². The first-order valence-corrected chi connectivity index (χ1v) is 9.96. The number of ether oxygens (including phenoxy) is 1. The number of hydrogen-bond donors (Lipinski definition) is 0. The highest BCUT2D eigenvalue weighted by Gasteiger charge is 2.37. The molecule has 6 heteroatoms. The van der Waals surface area contributed by atoms with Crippen LogP contribution >= 0.6 is 0 Å². The Bertz CT molecular complexity index is 817. The van der Waals surface area contributed by atoms with Gasteiger partial charge >= 0.3 is 0 Å². The Morgan fingerprint density at radius 1 is 1.12 bits per heavy atom. The smallest absolute Gasteiger partial charge is 0.214 e. The number of rotatable bonds is 8. The van der Waals surface area contributed by atoms with E-state index < -0.39 is 10.0 Å². The van der Waals surface area contributed by atoms with Gasteiger partial charge < -0.3 is 4.74 Å². The largest absolute Gasteiger partial charge is 0.497 e. The predicted molar refractivity (Wildman–Crippen MR) is 95.4 cm³/mol. The second-order valence-corrected chi connectivity index (χ2v) is 8.32. The fourth-order valence-corrected chi connectivity index (χ4v) is 4.50. The van der Waals surface area contributed by atoms with Crippen LogP contribution in [0.15, 0.2) is 48.5 Å². The molecular formula is C19H22FNO3S. The van der Waals surface area contributed by atoms with Crippen molar-refractivity contribution in [2.75, 3.05) is 12.9 Å². The molecule has 0 radical (unpaired) electrons. The van der Waals surface area contributed by atoms with Crippen molar-refractivity contribution in [1.29, 1.82) is 0 Å². The highest BCUT2D eigenvalue weighted by atomic mass is 32.2. The summed E-state index contributed by atoms with van der Waals surface area (Å²) >= 11 is 0. The molecule has 0 N–H and O–H groups in total. The third-order valence-electron chi connectivity index (χ3n) is 4.40. The van der Waals surface area contributed by atoms with Crippen molar-refractivity contribution < 1.29 is 17.5 Å². The number of hydrogen-bond acceptors (Lipinski definition) is 3. The summed E-state index contributed by atoms with van der Waals surface area (Å²) in [5.41, 5.74) is 1.36. The SMILES string of the molecule is COc1ccc(CCS(=O)(=O)N(Cc2ccccc2F)C2CC2)cc1. The van der Waals surface area contributed by atoms with Gasteiger partial charge in [0, 0.05) is 18.2 Å². The molecule has 0 atom stereocenters. The summed E-state index contributed by atoms with van der Waals surface area (Å²) in [5, 5.41) is 0. The lowest BCUT2D eigenvalue weighted by molar-refractivity contribution is 0.391. The lowest BCUT2D eigenvalue weighted by Crippen LogP contribution is -2.35. The zero-order valence-corrected chi connectivity index (χ0v) is 15.0. The number of nitrogens with zero attached hydrogens (tertiary/aromatic N) is 1. The highest BCUT2D eigenvalue weighted by molar-refractivity contribution is 7.89. The minimum atomic E-state index is -3.45. The maximum Gasteiger partial charge on any atom is 0.214 e. The number of aryl methyl sites for hydroxylation is 1. The van der Waals surface area contributed by atoms with Gasteiger partial charge in [-0.2, -0.15) is 4.31 Å². The van der Waals surface area contributed by atoms with E-state index in [9.17, 15) is 12.8 Å². The summed E-state index contributed by atoms with van der Waals surface area (Å²) < 4.78 is 46.1. The van der Waals surface area contributed by atoms with E-state index in [4.69, 9.17) is 4.74 Å². The quantitative estimate of drug-likeness (QED) is 0.722. The van der Waals surface area contributed by atoms with Crippen LogP contribution < -0.4 is 4.74 Å². The first kappa shape index (κ1) is 17.9. The fourth-order valence-electron chi connectivity index (χ4n) is 2.77. The van der Waals surface area contributed by atoms with E-state index in [1.165, 1.54) is 10.4 Å². The molecular weight excluding hydrogens is 341 g/mol. The molecule has 0 bridgehead atoms. The Hall–Kier alpha value is -1.92. The van der Waals surface area contributed by atoms with Gasteiger partial charge in [-0.25, -0.2) is 12.8 Å². The van der Waals surface area contributed by atoms with Crippen molar-refractivity contribution in [3.8, 4) is 5.75 Å². The average Bonchev–Trinajstić information content (AvgIpc) is 3.44. The number of methoxy groups -OCH3 is 1. The minimum absolute atomic E-state index is 0.000438. The molecule has 0 saturated heterocycles. The molecule has 0 aliphatic heterocycles. The number of halogens is 1. The van der Waals surface area contributed by atoms with Crippen molar-refractivity contribution in [1.82, 2.24) is 4.31 Å². The molecule has 1 saturated carbocycles. The molecule has 4 nitrogen and oxygen atoms in total. The van der Waals surface area contributed by atoms with Crippen molar-refractivity contribution >= 4 is 10.0 Å². The molecule has 0 aromatic heterocycles. The molecule has 25 heavy (non-hydrogen) atoms. The lowest BCUT2D eigenvalue weighted by atomic mass is 10.2. The predicted octanol–water partition coefficient (Wildman–Crippen LogP) is 3.37. The monoisotopic (exact) mass is 363 g/mol. The van der Waals surface area contributed by atoms with Crippen molar-refractivity contribution in [3.63, 3.8) is 0 Å². The Morgan fingerprint density at radius 2 is 1.80 bits per heavy atom. The summed E-state index contributed by atoms with van der Waals surface area (Å²) in [4.78, 5) is 0. The molecule has 1 aliphatic rings. The van der Waals surface area contributed by atoms with Crippen LogP contribution in [-0.4, -0.2) is 31.6 Å². The van der Waals surface area contributed by atoms with Gasteiger partial charge in [-0.15, -0.1) is 0 Å². The first-order valence-electron chi connectivity index (χ1n) is 8.35. The third-order valence-corrected chi connectivity index (χ3v) is 6.27. The minimum Gasteiger partial charge on any atom is -0.497 e. The van der Waals surface area contributed by atoms with Crippen LogP contribution in [0.1, 0.15) is 24.0 Å². The number of sulfonamides is 1. The second kappa shape index (κ2) is 7.54. The van der Waals surface area contributed by atoms with E-state index in [-0.39, 0.29) is 24.2 Å². The Labute approximate surface area is 148 Å². The van der Waals surface area contributed by atoms with Gasteiger partial charge in [-0.3, -0.25) is 0 Å². The lowest BCUT2D eigenvalue weighted by Gasteiger charge is -2.22. The Balaban J connectivity index is 1.70. The van der Waals surface area contributed by atoms with Crippen molar-refractivity contribution in [3.05, 3.63) is 65.5 Å². The molecule has 0 spiro atoms. The van der Waals surface area contributed by atoms with Crippen LogP contribution in [0.2, 0.25) is 0 Å². The van der Waals surface area contributed by atoms with Gasteiger partial charge in [0.2, 0.25) is 10.0 Å². The highest BCUT2D eigenvalue weighted by Crippen LogP contribution is 2.31. The molecule has 1 fully saturated rings. The van der Waals surface area contributed by atoms with Gasteiger partial charge in [0.05, 0.1) is 12.9 Å². The van der Waals surface area contributed by atoms with E-state index in [2.05, 4.69) is 0 Å². The second-order valence-electron chi connectivity index (χ2n) is 6.28. The van der Waals surface area contributed by atoms with Gasteiger partial charge in [0.15, 0.2) is 0 Å². The van der Waals surface area contributed by atoms with Crippen LogP contribution in [0.3, 0.4) is 0 Å². The summed E-state index contributed by atoms with van der Waals surface area (Å²) in [6, 6.07) is 13.7. The van der Waals surface area contributed by atoms with E-state index in [1.807, 2.05) is 24.3 Å². The van der Waals surface area contributed by atoms with E-state index in [0.29, 0.717) is 12.0 Å². The molecule has 134 valence electrons. The molecule has 2 aromatic rings. The van der Waals surface area contributed by atoms with Crippen molar-refractivity contribution in [2.45, 2.75) is 31.8 Å². The fraction of sp³-hybridized carbons (Fsp3) is 0.368. The normalized spacial score (nSPS) is 14.7. The molecule has 0 unspecified atom stereocenters. The summed E-state index contributed by atoms with van der Waals surface area (Å²) in [5.74, 6) is 0.397. The Morgan fingerprint density at radius 3 is 2.40 bits per heavy atom. The zero-order valence-electron chi connectivity index (χ0n) is 14.2. The summed E-state index contributed by atoms with van der Waals surface area (Å²) in [6.45, 7) is 0.0995. The van der Waals surface area contributed by atoms with E-state index >= 15 is 0 Å². The average molecular weight is 363 g/mol. The van der Waals surface area contributed by atoms with Crippen LogP contribution in [0.4, 0.5) is 4.39 Å². The molecule has 1 aliphatic carbocycles. The van der Waals surface area contributed by atoms with E-state index in [0.717, 1.165) is 24.2 Å². The van der Waals surface area contributed by atoms with Gasteiger partial charge in [-0.1, -0.05) is 30.3 Å². The molecule has 2 aromatic carbocycles. The number of benzene rings is 2. The van der Waals surface area contributed by atoms with Crippen LogP contribution in [0.5, 0.6) is 5.75 Å². The van der Waals surface area contributed by atoms with Gasteiger partial charge in [-0.05, 0) is 43.0 Å². The molecule has 3 rings (SSSR count). The van der Waals surface area contributed by atoms with E-state index in [1.54, 1.807) is 25.3 Å². The first-order chi connectivity index (χ1) is 12.0. The Kier molecular flexibility index (Phi) is 5.39. The topological polar surface area (TPSA) is 46.6 Å². The van der Waals surface area contributed by atoms with Gasteiger partial charge in [0.25, 0.3) is 0 Å². The van der Waals surface area contributed by atoms with Crippen LogP contribution in [-0.2, 0) is 23.0 Å². The molecule has 0 amide bonds. The third kappa shape index (κ3) is 4.58.